The highest BCUT2D eigenvalue weighted by Crippen LogP contribution is 2.26. The van der Waals surface area contributed by atoms with Crippen molar-refractivity contribution in [1.82, 2.24) is 5.32 Å². The zero-order chi connectivity index (χ0) is 12.5. The van der Waals surface area contributed by atoms with Gasteiger partial charge in [-0.15, -0.1) is 0 Å². The number of benzene rings is 1. The van der Waals surface area contributed by atoms with Crippen molar-refractivity contribution in [2.24, 2.45) is 0 Å². The summed E-state index contributed by atoms with van der Waals surface area (Å²) in [6.07, 6.45) is 1.26. The van der Waals surface area contributed by atoms with Gasteiger partial charge in [0.2, 0.25) is 0 Å². The number of ether oxygens (including phenoxy) is 1. The molecule has 1 N–H and O–H groups in total. The van der Waals surface area contributed by atoms with Crippen LogP contribution in [0.1, 0.15) is 25.3 Å². The van der Waals surface area contributed by atoms with Gasteiger partial charge >= 0.3 is 0 Å². The summed E-state index contributed by atoms with van der Waals surface area (Å²) in [4.78, 5) is 0. The zero-order valence-electron chi connectivity index (χ0n) is 10.0. The molecule has 0 atom stereocenters. The van der Waals surface area contributed by atoms with Gasteiger partial charge in [-0.2, -0.15) is 5.26 Å². The van der Waals surface area contributed by atoms with Gasteiger partial charge < -0.3 is 10.1 Å². The lowest BCUT2D eigenvalue weighted by Gasteiger charge is -2.12. The highest BCUT2D eigenvalue weighted by Gasteiger charge is 2.07. The van der Waals surface area contributed by atoms with Crippen LogP contribution in [0.15, 0.2) is 18.2 Å². The Hall–Kier alpha value is -1.24. The topological polar surface area (TPSA) is 45.0 Å². The fourth-order valence-corrected chi connectivity index (χ4v) is 1.66. The van der Waals surface area contributed by atoms with Crippen LogP contribution >= 0.6 is 11.6 Å². The lowest BCUT2D eigenvalue weighted by molar-refractivity contribution is 0.309. The fraction of sp³-hybridized carbons (Fsp3) is 0.462. The van der Waals surface area contributed by atoms with Crippen molar-refractivity contribution in [1.29, 1.82) is 5.26 Å². The molecule has 4 heteroatoms. The van der Waals surface area contributed by atoms with Crippen molar-refractivity contribution in [2.45, 2.75) is 26.3 Å². The van der Waals surface area contributed by atoms with Crippen LogP contribution < -0.4 is 10.1 Å². The normalized spacial score (nSPS) is 9.94. The van der Waals surface area contributed by atoms with E-state index in [1.54, 1.807) is 0 Å². The number of rotatable bonds is 7. The maximum atomic E-state index is 8.44. The van der Waals surface area contributed by atoms with E-state index in [1.807, 2.05) is 25.1 Å². The Bertz CT molecular complexity index is 387. The summed E-state index contributed by atoms with van der Waals surface area (Å²) in [5, 5.41) is 12.4. The summed E-state index contributed by atoms with van der Waals surface area (Å²) in [5.74, 6) is 0.802. The fourth-order valence-electron chi connectivity index (χ4n) is 1.43. The van der Waals surface area contributed by atoms with Crippen LogP contribution in [0.3, 0.4) is 0 Å². The van der Waals surface area contributed by atoms with Crippen LogP contribution in [0.2, 0.25) is 5.02 Å². The minimum atomic E-state index is 0.517. The van der Waals surface area contributed by atoms with Crippen LogP contribution in [0.4, 0.5) is 0 Å². The van der Waals surface area contributed by atoms with Crippen molar-refractivity contribution in [3.8, 4) is 11.8 Å². The molecule has 0 aromatic heterocycles. The second-order valence-electron chi connectivity index (χ2n) is 3.61. The largest absolute Gasteiger partial charge is 0.493 e. The second kappa shape index (κ2) is 7.94. The smallest absolute Gasteiger partial charge is 0.125 e. The molecule has 0 radical (unpaired) electrons. The van der Waals surface area contributed by atoms with Gasteiger partial charge in [0.15, 0.2) is 0 Å². The van der Waals surface area contributed by atoms with Gasteiger partial charge in [0, 0.05) is 23.6 Å². The van der Waals surface area contributed by atoms with Gasteiger partial charge in [-0.05, 0) is 25.1 Å². The van der Waals surface area contributed by atoms with Crippen LogP contribution in [0, 0.1) is 11.3 Å². The Morgan fingerprint density at radius 1 is 1.47 bits per heavy atom. The molecule has 92 valence electrons. The average Bonchev–Trinajstić information content (AvgIpc) is 2.34. The standard InChI is InChI=1S/C13H17ClN2O/c1-2-16-10-11-12(14)6-5-7-13(11)17-9-4-3-8-15/h5-7,16H,2-4,9-10H2,1H3. The van der Waals surface area contributed by atoms with Gasteiger partial charge in [0.05, 0.1) is 12.7 Å². The Kier molecular flexibility index (Phi) is 6.46. The summed E-state index contributed by atoms with van der Waals surface area (Å²) in [6, 6.07) is 7.73. The number of halogens is 1. The maximum absolute atomic E-state index is 8.44. The van der Waals surface area contributed by atoms with E-state index in [0.717, 1.165) is 24.3 Å². The lowest BCUT2D eigenvalue weighted by atomic mass is 10.2. The van der Waals surface area contributed by atoms with E-state index in [-0.39, 0.29) is 0 Å². The van der Waals surface area contributed by atoms with Crippen molar-refractivity contribution in [2.75, 3.05) is 13.2 Å². The molecule has 0 amide bonds. The molecule has 0 spiro atoms. The molecule has 17 heavy (non-hydrogen) atoms. The number of nitrogens with one attached hydrogen (secondary N) is 1. The Morgan fingerprint density at radius 3 is 3.00 bits per heavy atom. The number of unbranched alkanes of at least 4 members (excludes halogenated alkanes) is 1. The Morgan fingerprint density at radius 2 is 2.29 bits per heavy atom. The molecular formula is C13H17ClN2O. The zero-order valence-corrected chi connectivity index (χ0v) is 10.8. The van der Waals surface area contributed by atoms with E-state index in [9.17, 15) is 0 Å². The molecule has 0 bridgehead atoms. The molecule has 1 aromatic carbocycles. The first-order valence-electron chi connectivity index (χ1n) is 5.77. The average molecular weight is 253 g/mol. The molecule has 0 aliphatic rings. The van der Waals surface area contributed by atoms with Gasteiger partial charge in [0.25, 0.3) is 0 Å². The second-order valence-corrected chi connectivity index (χ2v) is 4.01. The van der Waals surface area contributed by atoms with Crippen LogP contribution in [0.25, 0.3) is 0 Å². The van der Waals surface area contributed by atoms with E-state index < -0.39 is 0 Å². The highest BCUT2D eigenvalue weighted by atomic mass is 35.5. The van der Waals surface area contributed by atoms with Crippen molar-refractivity contribution in [3.05, 3.63) is 28.8 Å². The van der Waals surface area contributed by atoms with Gasteiger partial charge in [0.1, 0.15) is 5.75 Å². The number of nitriles is 1. The molecular weight excluding hydrogens is 236 g/mol. The maximum Gasteiger partial charge on any atom is 0.125 e. The summed E-state index contributed by atoms with van der Waals surface area (Å²) in [5.41, 5.74) is 0.980. The summed E-state index contributed by atoms with van der Waals surface area (Å²) >= 11 is 6.13. The molecule has 0 saturated carbocycles. The van der Waals surface area contributed by atoms with Crippen molar-refractivity contribution < 1.29 is 4.74 Å². The molecule has 0 heterocycles. The minimum Gasteiger partial charge on any atom is -0.493 e. The summed E-state index contributed by atoms with van der Waals surface area (Å²) in [7, 11) is 0. The molecule has 1 rings (SSSR count). The predicted octanol–water partition coefficient (Wildman–Crippen LogP) is 3.13. The third-order valence-electron chi connectivity index (χ3n) is 2.32. The minimum absolute atomic E-state index is 0.517. The first kappa shape index (κ1) is 13.8. The highest BCUT2D eigenvalue weighted by molar-refractivity contribution is 6.31. The van der Waals surface area contributed by atoms with E-state index >= 15 is 0 Å². The molecule has 0 aliphatic carbocycles. The first-order chi connectivity index (χ1) is 8.29. The number of hydrogen-bond acceptors (Lipinski definition) is 3. The van der Waals surface area contributed by atoms with Gasteiger partial charge in [-0.25, -0.2) is 0 Å². The number of nitrogens with zero attached hydrogens (tertiary/aromatic N) is 1. The molecule has 0 fully saturated rings. The van der Waals surface area contributed by atoms with Crippen LogP contribution in [0.5, 0.6) is 5.75 Å². The monoisotopic (exact) mass is 252 g/mol. The van der Waals surface area contributed by atoms with Crippen LogP contribution in [-0.4, -0.2) is 13.2 Å². The summed E-state index contributed by atoms with van der Waals surface area (Å²) < 4.78 is 5.64. The lowest BCUT2D eigenvalue weighted by Crippen LogP contribution is -2.13. The molecule has 0 unspecified atom stereocenters. The van der Waals surface area contributed by atoms with Crippen molar-refractivity contribution in [3.63, 3.8) is 0 Å². The molecule has 0 aliphatic heterocycles. The van der Waals surface area contributed by atoms with Crippen LogP contribution in [-0.2, 0) is 6.54 Å². The number of hydrogen-bond donors (Lipinski definition) is 1. The predicted molar refractivity (Wildman–Crippen MR) is 69.2 cm³/mol. The first-order valence-corrected chi connectivity index (χ1v) is 6.15. The van der Waals surface area contributed by atoms with E-state index in [2.05, 4.69) is 11.4 Å². The molecule has 0 saturated heterocycles. The summed E-state index contributed by atoms with van der Waals surface area (Å²) in [6.45, 7) is 4.18. The molecule has 1 aromatic rings. The van der Waals surface area contributed by atoms with E-state index in [0.29, 0.717) is 24.6 Å². The molecule has 3 nitrogen and oxygen atoms in total. The van der Waals surface area contributed by atoms with E-state index in [4.69, 9.17) is 21.6 Å². The quantitative estimate of drug-likeness (QED) is 0.759. The van der Waals surface area contributed by atoms with Gasteiger partial charge in [-0.1, -0.05) is 24.6 Å². The van der Waals surface area contributed by atoms with Gasteiger partial charge in [-0.3, -0.25) is 0 Å². The third-order valence-corrected chi connectivity index (χ3v) is 2.67. The van der Waals surface area contributed by atoms with Crippen molar-refractivity contribution >= 4 is 11.6 Å². The third kappa shape index (κ3) is 4.64. The Balaban J connectivity index is 2.63. The van der Waals surface area contributed by atoms with E-state index in [1.165, 1.54) is 0 Å². The Labute approximate surface area is 107 Å². The SMILES string of the molecule is CCNCc1c(Cl)cccc1OCCCC#N.